The Labute approximate surface area is 179 Å². The normalized spacial score (nSPS) is 15.4. The molecule has 178 valence electrons. The SMILES string of the molecule is CN=C(NNC(=O)/C=C\n1cnc(-c2cc(C(F)(F)F)cc(S(F)(F)(F)(F)F)c2)n1)SC. The predicted molar refractivity (Wildman–Crippen MR) is 105 cm³/mol. The lowest BCUT2D eigenvalue weighted by Crippen LogP contribution is -2.39. The number of rotatable bonds is 4. The molecule has 1 aromatic carbocycles. The summed E-state index contributed by atoms with van der Waals surface area (Å²) in [4.78, 5) is 16.3. The summed E-state index contributed by atoms with van der Waals surface area (Å²) >= 11 is 1.19. The minimum atomic E-state index is -10.4. The van der Waals surface area contributed by atoms with Gasteiger partial charge in [0.25, 0.3) is 5.91 Å². The first-order chi connectivity index (χ1) is 14.4. The zero-order valence-corrected chi connectivity index (χ0v) is 17.6. The van der Waals surface area contributed by atoms with E-state index in [1.807, 2.05) is 0 Å². The number of amidine groups is 1. The van der Waals surface area contributed by atoms with Crippen LogP contribution in [0.3, 0.4) is 0 Å². The summed E-state index contributed by atoms with van der Waals surface area (Å²) in [6.07, 6.45) is -0.907. The first-order valence-electron chi connectivity index (χ1n) is 8.06. The average Bonchev–Trinajstić information content (AvgIpc) is 3.13. The minimum Gasteiger partial charge on any atom is -0.276 e. The molecule has 0 fully saturated rings. The predicted octanol–water partition coefficient (Wildman–Crippen LogP) is 5.06. The van der Waals surface area contributed by atoms with Crippen LogP contribution in [0, 0.1) is 0 Å². The number of benzene rings is 1. The van der Waals surface area contributed by atoms with Gasteiger partial charge < -0.3 is 0 Å². The van der Waals surface area contributed by atoms with E-state index in [4.69, 9.17) is 0 Å². The van der Waals surface area contributed by atoms with Crippen LogP contribution in [0.5, 0.6) is 0 Å². The molecule has 17 heteroatoms. The van der Waals surface area contributed by atoms with Crippen molar-refractivity contribution in [1.29, 1.82) is 0 Å². The molecular formula is C15H14F8N6OS2. The Morgan fingerprint density at radius 2 is 1.81 bits per heavy atom. The second-order valence-corrected chi connectivity index (χ2v) is 9.13. The summed E-state index contributed by atoms with van der Waals surface area (Å²) in [5, 5.41) is 3.97. The molecule has 0 aliphatic rings. The van der Waals surface area contributed by atoms with Crippen LogP contribution in [0.15, 0.2) is 40.5 Å². The van der Waals surface area contributed by atoms with Crippen molar-refractivity contribution in [3.05, 3.63) is 36.2 Å². The van der Waals surface area contributed by atoms with Crippen LogP contribution in [0.1, 0.15) is 5.56 Å². The van der Waals surface area contributed by atoms with Crippen LogP contribution in [0.25, 0.3) is 17.6 Å². The molecule has 1 amide bonds. The molecule has 0 aliphatic carbocycles. The van der Waals surface area contributed by atoms with Gasteiger partial charge in [0.2, 0.25) is 0 Å². The van der Waals surface area contributed by atoms with E-state index in [0.717, 1.165) is 23.3 Å². The Hall–Kier alpha value is -2.82. The number of carbonyl (C=O) groups excluding carboxylic acids is 1. The van der Waals surface area contributed by atoms with Crippen molar-refractivity contribution in [2.75, 3.05) is 13.3 Å². The monoisotopic (exact) mass is 510 g/mol. The molecule has 0 aliphatic heterocycles. The molecule has 1 aromatic heterocycles. The standard InChI is InChI=1S/C15H14F8N6OS2/c1-24-14(31-2)27-26-12(30)3-4-29-8-25-13(28-29)9-5-10(15(16,17)18)7-11(6-9)32(19,20,21,22)23/h3-8H,1-2H3,(H,24,27)(H,26,30)/b4-3-. The maximum atomic E-state index is 13.1. The minimum absolute atomic E-state index is 0.162. The number of hydrazine groups is 1. The van der Waals surface area contributed by atoms with E-state index < -0.39 is 50.2 Å². The van der Waals surface area contributed by atoms with Crippen LogP contribution >= 0.6 is 22.0 Å². The number of aliphatic imine (C=N–C) groups is 1. The third-order valence-corrected chi connectivity index (χ3v) is 5.31. The highest BCUT2D eigenvalue weighted by Crippen LogP contribution is 3.02. The van der Waals surface area contributed by atoms with Gasteiger partial charge in [-0.05, 0) is 24.5 Å². The second kappa shape index (κ2) is 7.95. The van der Waals surface area contributed by atoms with Gasteiger partial charge in [0.05, 0.1) is 5.56 Å². The van der Waals surface area contributed by atoms with Crippen molar-refractivity contribution in [1.82, 2.24) is 25.6 Å². The Morgan fingerprint density at radius 3 is 2.34 bits per heavy atom. The van der Waals surface area contributed by atoms with Gasteiger partial charge >= 0.3 is 16.4 Å². The third-order valence-electron chi connectivity index (χ3n) is 3.51. The molecule has 0 radical (unpaired) electrons. The van der Waals surface area contributed by atoms with Crippen LogP contribution in [-0.4, -0.2) is 39.1 Å². The number of nitrogens with one attached hydrogen (secondary N) is 2. The number of hydrogen-bond acceptors (Lipinski definition) is 5. The summed E-state index contributed by atoms with van der Waals surface area (Å²) in [6.45, 7) is 0. The van der Waals surface area contributed by atoms with E-state index >= 15 is 0 Å². The second-order valence-electron chi connectivity index (χ2n) is 5.92. The number of hydrogen-bond donors (Lipinski definition) is 2. The van der Waals surface area contributed by atoms with Gasteiger partial charge in [-0.15, -0.1) is 5.10 Å². The lowest BCUT2D eigenvalue weighted by Gasteiger charge is -2.40. The summed E-state index contributed by atoms with van der Waals surface area (Å²) in [5.74, 6) is -1.41. The van der Waals surface area contributed by atoms with Crippen molar-refractivity contribution in [2.45, 2.75) is 11.1 Å². The fourth-order valence-electron chi connectivity index (χ4n) is 2.09. The third kappa shape index (κ3) is 6.84. The van der Waals surface area contributed by atoms with Crippen molar-refractivity contribution < 1.29 is 37.4 Å². The van der Waals surface area contributed by atoms with Gasteiger partial charge in [-0.2, -0.15) is 13.2 Å². The van der Waals surface area contributed by atoms with Crippen LogP contribution in [0.4, 0.5) is 32.6 Å². The van der Waals surface area contributed by atoms with E-state index in [9.17, 15) is 37.4 Å². The highest BCUT2D eigenvalue weighted by Gasteiger charge is 2.66. The number of aromatic nitrogens is 3. The molecule has 2 N–H and O–H groups in total. The quantitative estimate of drug-likeness (QED) is 0.198. The zero-order valence-electron chi connectivity index (χ0n) is 16.0. The number of amides is 1. The maximum Gasteiger partial charge on any atom is 0.416 e. The molecule has 7 nitrogen and oxygen atoms in total. The molecule has 2 aromatic rings. The van der Waals surface area contributed by atoms with Gasteiger partial charge in [0.1, 0.15) is 11.2 Å². The van der Waals surface area contributed by atoms with E-state index in [1.54, 1.807) is 6.26 Å². The Morgan fingerprint density at radius 1 is 1.16 bits per heavy atom. The number of nitrogens with zero attached hydrogens (tertiary/aromatic N) is 4. The van der Waals surface area contributed by atoms with E-state index in [2.05, 4.69) is 25.9 Å². The fraction of sp³-hybridized carbons (Fsp3) is 0.200. The lowest BCUT2D eigenvalue weighted by atomic mass is 10.1. The van der Waals surface area contributed by atoms with Crippen molar-refractivity contribution in [2.24, 2.45) is 4.99 Å². The summed E-state index contributed by atoms with van der Waals surface area (Å²) in [7, 11) is -8.96. The van der Waals surface area contributed by atoms with Crippen LogP contribution in [0.2, 0.25) is 0 Å². The van der Waals surface area contributed by atoms with Crippen molar-refractivity contribution in [3.63, 3.8) is 0 Å². The smallest absolute Gasteiger partial charge is 0.276 e. The topological polar surface area (TPSA) is 84.2 Å². The molecule has 0 bridgehead atoms. The summed E-state index contributed by atoms with van der Waals surface area (Å²) in [5.41, 5.74) is 1.82. The molecule has 2 rings (SSSR count). The van der Waals surface area contributed by atoms with Gasteiger partial charge in [-0.3, -0.25) is 20.6 Å². The number of thioether (sulfide) groups is 1. The highest BCUT2D eigenvalue weighted by molar-refractivity contribution is 8.45. The lowest BCUT2D eigenvalue weighted by molar-refractivity contribution is -0.137. The summed E-state index contributed by atoms with van der Waals surface area (Å²) in [6, 6.07) is -0.617. The molecular weight excluding hydrogens is 496 g/mol. The zero-order chi connectivity index (χ0) is 24.4. The highest BCUT2D eigenvalue weighted by atomic mass is 32.5. The van der Waals surface area contributed by atoms with Crippen molar-refractivity contribution >= 4 is 39.3 Å². The first kappa shape index (κ1) is 25.4. The van der Waals surface area contributed by atoms with Gasteiger partial charge in [0.15, 0.2) is 11.0 Å². The van der Waals surface area contributed by atoms with E-state index in [1.165, 1.54) is 18.8 Å². The molecule has 0 saturated heterocycles. The van der Waals surface area contributed by atoms with E-state index in [0.29, 0.717) is 5.17 Å². The number of alkyl halides is 3. The number of carbonyl (C=O) groups is 1. The maximum absolute atomic E-state index is 13.1. The Balaban J connectivity index is 2.35. The Kier molecular flexibility index (Phi) is 6.32. The fourth-order valence-corrected chi connectivity index (χ4v) is 3.13. The molecule has 1 heterocycles. The summed E-state index contributed by atoms with van der Waals surface area (Å²) < 4.78 is 105. The molecule has 32 heavy (non-hydrogen) atoms. The van der Waals surface area contributed by atoms with Gasteiger partial charge in [-0.1, -0.05) is 31.2 Å². The van der Waals surface area contributed by atoms with E-state index in [-0.39, 0.29) is 12.1 Å². The molecule has 0 atom stereocenters. The number of halogens is 8. The van der Waals surface area contributed by atoms with Crippen molar-refractivity contribution in [3.8, 4) is 11.4 Å². The van der Waals surface area contributed by atoms with Crippen LogP contribution in [-0.2, 0) is 11.0 Å². The van der Waals surface area contributed by atoms with Gasteiger partial charge in [0, 0.05) is 24.9 Å². The Bertz CT molecular complexity index is 1080. The first-order valence-corrected chi connectivity index (χ1v) is 11.2. The molecule has 0 saturated carbocycles. The molecule has 0 unspecified atom stereocenters. The van der Waals surface area contributed by atoms with Crippen LogP contribution < -0.4 is 10.9 Å². The largest absolute Gasteiger partial charge is 0.416 e. The van der Waals surface area contributed by atoms with Gasteiger partial charge in [-0.25, -0.2) is 9.67 Å². The molecule has 0 spiro atoms. The average molecular weight is 510 g/mol.